The van der Waals surface area contributed by atoms with Gasteiger partial charge in [-0.25, -0.2) is 9.78 Å². The van der Waals surface area contributed by atoms with Crippen LogP contribution in [0.1, 0.15) is 39.0 Å². The molecule has 132 valence electrons. The smallest absolute Gasteiger partial charge is 0.410 e. The molecule has 24 heavy (non-hydrogen) atoms. The van der Waals surface area contributed by atoms with Gasteiger partial charge in [0.2, 0.25) is 0 Å². The van der Waals surface area contributed by atoms with Crippen LogP contribution >= 0.6 is 0 Å². The number of aromatic nitrogens is 1. The second-order valence-electron chi connectivity index (χ2n) is 7.72. The minimum absolute atomic E-state index is 0.211. The molecule has 1 aromatic heterocycles. The van der Waals surface area contributed by atoms with Crippen LogP contribution in [0.25, 0.3) is 0 Å². The normalized spacial score (nSPS) is 23.0. The maximum absolute atomic E-state index is 12.4. The number of pyridine rings is 1. The number of anilines is 1. The lowest BCUT2D eigenvalue weighted by Gasteiger charge is -2.43. The second kappa shape index (κ2) is 6.24. The van der Waals surface area contributed by atoms with Crippen molar-refractivity contribution in [1.29, 1.82) is 0 Å². The largest absolute Gasteiger partial charge is 0.444 e. The number of fused-ring (bicyclic) bond motifs is 3. The fourth-order valence-electron chi connectivity index (χ4n) is 3.59. The highest BCUT2D eigenvalue weighted by molar-refractivity contribution is 5.69. The van der Waals surface area contributed by atoms with Crippen LogP contribution in [0.4, 0.5) is 10.6 Å². The third kappa shape index (κ3) is 3.34. The van der Waals surface area contributed by atoms with E-state index in [0.717, 1.165) is 17.9 Å². The number of ether oxygens (including phenoxy) is 2. The van der Waals surface area contributed by atoms with Crippen LogP contribution in [-0.2, 0) is 22.5 Å². The zero-order chi connectivity index (χ0) is 17.5. The first-order chi connectivity index (χ1) is 11.3. The molecule has 1 amide bonds. The topological polar surface area (TPSA) is 54.9 Å². The minimum Gasteiger partial charge on any atom is -0.444 e. The molecule has 0 unspecified atom stereocenters. The summed E-state index contributed by atoms with van der Waals surface area (Å²) in [5.41, 5.74) is 1.73. The van der Waals surface area contributed by atoms with E-state index in [1.165, 1.54) is 5.56 Å². The molecule has 0 bridgehead atoms. The quantitative estimate of drug-likeness (QED) is 0.833. The van der Waals surface area contributed by atoms with Crippen molar-refractivity contribution in [1.82, 2.24) is 9.88 Å². The van der Waals surface area contributed by atoms with Gasteiger partial charge >= 0.3 is 6.09 Å². The number of hydrogen-bond acceptors (Lipinski definition) is 5. The third-order valence-electron chi connectivity index (χ3n) is 4.44. The van der Waals surface area contributed by atoms with Crippen molar-refractivity contribution < 1.29 is 14.3 Å². The lowest BCUT2D eigenvalue weighted by atomic mass is 10.1. The van der Waals surface area contributed by atoms with Gasteiger partial charge in [0.1, 0.15) is 11.4 Å². The number of carbonyl (C=O) groups is 1. The van der Waals surface area contributed by atoms with Gasteiger partial charge in [0.15, 0.2) is 0 Å². The predicted molar refractivity (Wildman–Crippen MR) is 92.2 cm³/mol. The molecule has 1 fully saturated rings. The van der Waals surface area contributed by atoms with Gasteiger partial charge in [-0.3, -0.25) is 0 Å². The van der Waals surface area contributed by atoms with Gasteiger partial charge < -0.3 is 19.3 Å². The van der Waals surface area contributed by atoms with E-state index >= 15 is 0 Å². The van der Waals surface area contributed by atoms with Gasteiger partial charge in [-0.05, 0) is 45.7 Å². The Morgan fingerprint density at radius 1 is 1.33 bits per heavy atom. The molecule has 0 spiro atoms. The van der Waals surface area contributed by atoms with E-state index in [2.05, 4.69) is 17.9 Å². The Balaban J connectivity index is 1.76. The summed E-state index contributed by atoms with van der Waals surface area (Å²) in [4.78, 5) is 21.4. The van der Waals surface area contributed by atoms with Crippen LogP contribution in [0.5, 0.6) is 0 Å². The van der Waals surface area contributed by atoms with Gasteiger partial charge in [0.05, 0.1) is 18.3 Å². The summed E-state index contributed by atoms with van der Waals surface area (Å²) in [5.74, 6) is 1.05. The highest BCUT2D eigenvalue weighted by atomic mass is 16.6. The molecule has 2 aliphatic heterocycles. The summed E-state index contributed by atoms with van der Waals surface area (Å²) < 4.78 is 10.7. The van der Waals surface area contributed by atoms with Gasteiger partial charge in [-0.15, -0.1) is 0 Å². The molecule has 6 nitrogen and oxygen atoms in total. The molecular formula is C18H27N3O3. The fraction of sp³-hybridized carbons (Fsp3) is 0.667. The van der Waals surface area contributed by atoms with Gasteiger partial charge in [0.25, 0.3) is 0 Å². The average Bonchev–Trinajstić information content (AvgIpc) is 2.84. The van der Waals surface area contributed by atoms with Crippen LogP contribution < -0.4 is 4.90 Å². The maximum Gasteiger partial charge on any atom is 0.410 e. The minimum atomic E-state index is -0.466. The predicted octanol–water partition coefficient (Wildman–Crippen LogP) is 2.60. The van der Waals surface area contributed by atoms with Gasteiger partial charge in [0, 0.05) is 26.2 Å². The summed E-state index contributed by atoms with van der Waals surface area (Å²) in [6.45, 7) is 9.69. The molecule has 3 rings (SSSR count). The molecule has 0 N–H and O–H groups in total. The Labute approximate surface area is 143 Å². The first-order valence-electron chi connectivity index (χ1n) is 8.52. The summed E-state index contributed by atoms with van der Waals surface area (Å²) in [5, 5.41) is 0. The summed E-state index contributed by atoms with van der Waals surface area (Å²) in [6.07, 6.45) is 0.692. The SMILES string of the molecule is COCc1ccc2c(n1)N1[C@H](C2)CN(C(=O)OC(C)(C)C)C[C@H]1C. The standard InChI is InChI=1S/C18H27N3O3/c1-12-9-20(17(22)24-18(2,3)4)10-15-8-13-6-7-14(11-23-5)19-16(13)21(12)15/h6-7,12,15H,8-11H2,1-5H3/t12-,15-/m1/s1. The molecule has 0 aromatic carbocycles. The molecule has 0 aliphatic carbocycles. The van der Waals surface area contributed by atoms with E-state index in [4.69, 9.17) is 14.5 Å². The van der Waals surface area contributed by atoms with Crippen LogP contribution in [-0.4, -0.2) is 53.9 Å². The Morgan fingerprint density at radius 2 is 2.08 bits per heavy atom. The molecule has 6 heteroatoms. The monoisotopic (exact) mass is 333 g/mol. The Hall–Kier alpha value is -1.82. The molecule has 3 heterocycles. The Bertz CT molecular complexity index is 626. The van der Waals surface area contributed by atoms with E-state index in [-0.39, 0.29) is 18.2 Å². The highest BCUT2D eigenvalue weighted by Crippen LogP contribution is 2.35. The van der Waals surface area contributed by atoms with Crippen LogP contribution in [0.3, 0.4) is 0 Å². The van der Waals surface area contributed by atoms with Crippen molar-refractivity contribution in [3.8, 4) is 0 Å². The number of methoxy groups -OCH3 is 1. The van der Waals surface area contributed by atoms with E-state index in [1.807, 2.05) is 31.7 Å². The molecule has 1 saturated heterocycles. The number of amides is 1. The number of nitrogens with zero attached hydrogens (tertiary/aromatic N) is 3. The first-order valence-corrected chi connectivity index (χ1v) is 8.52. The molecule has 0 saturated carbocycles. The zero-order valence-electron chi connectivity index (χ0n) is 15.2. The average molecular weight is 333 g/mol. The van der Waals surface area contributed by atoms with E-state index in [1.54, 1.807) is 7.11 Å². The zero-order valence-corrected chi connectivity index (χ0v) is 15.2. The number of piperazine rings is 1. The second-order valence-corrected chi connectivity index (χ2v) is 7.72. The van der Waals surface area contributed by atoms with Gasteiger partial charge in [-0.2, -0.15) is 0 Å². The van der Waals surface area contributed by atoms with E-state index in [0.29, 0.717) is 19.7 Å². The number of hydrogen-bond donors (Lipinski definition) is 0. The summed E-state index contributed by atoms with van der Waals surface area (Å²) >= 11 is 0. The Kier molecular flexibility index (Phi) is 4.42. The first kappa shape index (κ1) is 17.0. The van der Waals surface area contributed by atoms with Gasteiger partial charge in [-0.1, -0.05) is 6.07 Å². The third-order valence-corrected chi connectivity index (χ3v) is 4.44. The highest BCUT2D eigenvalue weighted by Gasteiger charge is 2.41. The molecule has 2 atom stereocenters. The van der Waals surface area contributed by atoms with Crippen molar-refractivity contribution in [2.75, 3.05) is 25.1 Å². The number of carbonyl (C=O) groups excluding carboxylic acids is 1. The van der Waals surface area contributed by atoms with E-state index in [9.17, 15) is 4.79 Å². The fourth-order valence-corrected chi connectivity index (χ4v) is 3.59. The molecule has 1 aromatic rings. The summed E-state index contributed by atoms with van der Waals surface area (Å²) in [7, 11) is 1.68. The van der Waals surface area contributed by atoms with Crippen LogP contribution in [0, 0.1) is 0 Å². The lowest BCUT2D eigenvalue weighted by molar-refractivity contribution is 0.0191. The molecule has 2 aliphatic rings. The van der Waals surface area contributed by atoms with Crippen molar-refractivity contribution in [3.05, 3.63) is 23.4 Å². The van der Waals surface area contributed by atoms with Crippen molar-refractivity contribution in [2.45, 2.75) is 58.4 Å². The number of rotatable bonds is 2. The van der Waals surface area contributed by atoms with Crippen LogP contribution in [0.15, 0.2) is 12.1 Å². The van der Waals surface area contributed by atoms with Crippen molar-refractivity contribution in [3.63, 3.8) is 0 Å². The van der Waals surface area contributed by atoms with Crippen molar-refractivity contribution in [2.24, 2.45) is 0 Å². The Morgan fingerprint density at radius 3 is 2.75 bits per heavy atom. The molecule has 0 radical (unpaired) electrons. The maximum atomic E-state index is 12.4. The van der Waals surface area contributed by atoms with Crippen molar-refractivity contribution >= 4 is 11.9 Å². The summed E-state index contributed by atoms with van der Waals surface area (Å²) in [6, 6.07) is 4.64. The lowest BCUT2D eigenvalue weighted by Crippen LogP contribution is -2.58. The van der Waals surface area contributed by atoms with Crippen LogP contribution in [0.2, 0.25) is 0 Å². The molecular weight excluding hydrogens is 306 g/mol. The van der Waals surface area contributed by atoms with E-state index < -0.39 is 5.60 Å².